The van der Waals surface area contributed by atoms with Gasteiger partial charge in [0, 0.05) is 19.6 Å². The molecule has 0 rings (SSSR count). The molecule has 0 unspecified atom stereocenters. The molecule has 0 aliphatic carbocycles. The zero-order valence-electron chi connectivity index (χ0n) is 9.17. The van der Waals surface area contributed by atoms with Gasteiger partial charge >= 0.3 is 12.4 Å². The van der Waals surface area contributed by atoms with Gasteiger partial charge in [-0.25, -0.2) is 0 Å². The highest BCUT2D eigenvalue weighted by Crippen LogP contribution is 2.23. The summed E-state index contributed by atoms with van der Waals surface area (Å²) in [6, 6.07) is 0. The number of aliphatic hydroxyl groups is 2. The van der Waals surface area contributed by atoms with Crippen LogP contribution in [-0.2, 0) is 0 Å². The summed E-state index contributed by atoms with van der Waals surface area (Å²) in [5.41, 5.74) is 0. The zero-order chi connectivity index (χ0) is 14.6. The van der Waals surface area contributed by atoms with Crippen molar-refractivity contribution >= 4 is 0 Å². The van der Waals surface area contributed by atoms with Gasteiger partial charge in [-0.05, 0) is 0 Å². The van der Waals surface area contributed by atoms with E-state index in [1.807, 2.05) is 0 Å². The standard InChI is InChI=1S/C9H13F6NO2/c1-2-3-16(4-6(17)8(10,11)12)5-7(18)9(13,14)15/h2,6-7,17-18H,1,3-5H2/t6-,7+. The Balaban J connectivity index is 4.54. The minimum Gasteiger partial charge on any atom is -0.382 e. The maximum absolute atomic E-state index is 12.0. The maximum Gasteiger partial charge on any atom is 0.415 e. The van der Waals surface area contributed by atoms with Crippen molar-refractivity contribution in [3.63, 3.8) is 0 Å². The van der Waals surface area contributed by atoms with Crippen LogP contribution in [0.2, 0.25) is 0 Å². The van der Waals surface area contributed by atoms with Crippen LogP contribution in [0, 0.1) is 0 Å². The first kappa shape index (κ1) is 17.2. The normalized spacial score (nSPS) is 16.7. The van der Waals surface area contributed by atoms with Gasteiger partial charge in [-0.2, -0.15) is 26.3 Å². The minimum absolute atomic E-state index is 0.319. The van der Waals surface area contributed by atoms with Gasteiger partial charge in [0.05, 0.1) is 0 Å². The van der Waals surface area contributed by atoms with Crippen LogP contribution in [0.5, 0.6) is 0 Å². The first-order valence-corrected chi connectivity index (χ1v) is 4.81. The van der Waals surface area contributed by atoms with Crippen molar-refractivity contribution in [2.45, 2.75) is 24.6 Å². The number of alkyl halides is 6. The monoisotopic (exact) mass is 281 g/mol. The number of hydrogen-bond donors (Lipinski definition) is 2. The second-order valence-corrected chi connectivity index (χ2v) is 3.62. The molecular formula is C9H13F6NO2. The lowest BCUT2D eigenvalue weighted by atomic mass is 10.2. The molecule has 0 aliphatic heterocycles. The lowest BCUT2D eigenvalue weighted by Gasteiger charge is -2.27. The van der Waals surface area contributed by atoms with Gasteiger partial charge in [-0.3, -0.25) is 4.90 Å². The quantitative estimate of drug-likeness (QED) is 0.570. The fourth-order valence-electron chi connectivity index (χ4n) is 1.10. The van der Waals surface area contributed by atoms with Crippen LogP contribution in [0.25, 0.3) is 0 Å². The van der Waals surface area contributed by atoms with Gasteiger partial charge in [0.2, 0.25) is 0 Å². The van der Waals surface area contributed by atoms with Crippen LogP contribution in [0.1, 0.15) is 0 Å². The van der Waals surface area contributed by atoms with Gasteiger partial charge < -0.3 is 10.2 Å². The van der Waals surface area contributed by atoms with E-state index in [1.54, 1.807) is 0 Å². The molecule has 2 atom stereocenters. The number of nitrogens with zero attached hydrogens (tertiary/aromatic N) is 1. The summed E-state index contributed by atoms with van der Waals surface area (Å²) in [7, 11) is 0. The Labute approximate surface area is 99.3 Å². The van der Waals surface area contributed by atoms with E-state index in [-0.39, 0.29) is 6.54 Å². The van der Waals surface area contributed by atoms with Gasteiger partial charge in [-0.1, -0.05) is 6.08 Å². The summed E-state index contributed by atoms with van der Waals surface area (Å²) in [5.74, 6) is 0. The maximum atomic E-state index is 12.0. The van der Waals surface area contributed by atoms with Crippen LogP contribution >= 0.6 is 0 Å². The van der Waals surface area contributed by atoms with Gasteiger partial charge in [0.15, 0.2) is 12.2 Å². The molecule has 9 heteroatoms. The summed E-state index contributed by atoms with van der Waals surface area (Å²) in [6.45, 7) is 0.719. The van der Waals surface area contributed by atoms with Crippen LogP contribution in [0.15, 0.2) is 12.7 Å². The highest BCUT2D eigenvalue weighted by molar-refractivity contribution is 4.81. The first-order chi connectivity index (χ1) is 7.98. The van der Waals surface area contributed by atoms with Crippen molar-refractivity contribution in [2.75, 3.05) is 19.6 Å². The lowest BCUT2D eigenvalue weighted by Crippen LogP contribution is -2.46. The van der Waals surface area contributed by atoms with E-state index in [4.69, 9.17) is 10.2 Å². The van der Waals surface area contributed by atoms with Crippen molar-refractivity contribution in [1.29, 1.82) is 0 Å². The van der Waals surface area contributed by atoms with E-state index in [1.165, 1.54) is 0 Å². The number of rotatable bonds is 6. The molecule has 0 aromatic carbocycles. The number of halogens is 6. The van der Waals surface area contributed by atoms with Gasteiger partial charge in [0.1, 0.15) is 0 Å². The topological polar surface area (TPSA) is 43.7 Å². The molecule has 0 heterocycles. The molecule has 0 fully saturated rings. The van der Waals surface area contributed by atoms with Crippen LogP contribution in [-0.4, -0.2) is 59.3 Å². The van der Waals surface area contributed by atoms with Crippen molar-refractivity contribution in [1.82, 2.24) is 4.90 Å². The largest absolute Gasteiger partial charge is 0.415 e. The smallest absolute Gasteiger partial charge is 0.382 e. The molecule has 18 heavy (non-hydrogen) atoms. The van der Waals surface area contributed by atoms with Crippen molar-refractivity contribution in [3.05, 3.63) is 12.7 Å². The Morgan fingerprint density at radius 2 is 1.28 bits per heavy atom. The number of aliphatic hydroxyl groups excluding tert-OH is 2. The molecule has 0 amide bonds. The third-order valence-electron chi connectivity index (χ3n) is 2.01. The molecule has 3 nitrogen and oxygen atoms in total. The van der Waals surface area contributed by atoms with Crippen molar-refractivity contribution in [2.24, 2.45) is 0 Å². The molecule has 2 N–H and O–H groups in total. The molecule has 0 saturated carbocycles. The van der Waals surface area contributed by atoms with E-state index < -0.39 is 37.7 Å². The Kier molecular flexibility index (Phi) is 6.11. The summed E-state index contributed by atoms with van der Waals surface area (Å²) in [4.78, 5) is 0.614. The first-order valence-electron chi connectivity index (χ1n) is 4.81. The molecule has 108 valence electrons. The van der Waals surface area contributed by atoms with Crippen LogP contribution in [0.4, 0.5) is 26.3 Å². The summed E-state index contributed by atoms with van der Waals surface area (Å²) in [5, 5.41) is 17.5. The Bertz CT molecular complexity index is 243. The van der Waals surface area contributed by atoms with E-state index in [2.05, 4.69) is 6.58 Å². The van der Waals surface area contributed by atoms with Crippen LogP contribution in [0.3, 0.4) is 0 Å². The van der Waals surface area contributed by atoms with Crippen molar-refractivity contribution < 1.29 is 36.6 Å². The predicted molar refractivity (Wildman–Crippen MR) is 50.8 cm³/mol. The summed E-state index contributed by atoms with van der Waals surface area (Å²) in [6.07, 6.45) is -14.3. The minimum atomic E-state index is -4.93. The van der Waals surface area contributed by atoms with E-state index in [9.17, 15) is 26.3 Å². The van der Waals surface area contributed by atoms with E-state index >= 15 is 0 Å². The highest BCUT2D eigenvalue weighted by atomic mass is 19.4. The van der Waals surface area contributed by atoms with Crippen LogP contribution < -0.4 is 0 Å². The molecule has 0 saturated heterocycles. The lowest BCUT2D eigenvalue weighted by molar-refractivity contribution is -0.220. The fraction of sp³-hybridized carbons (Fsp3) is 0.778. The molecule has 0 aliphatic rings. The predicted octanol–water partition coefficient (Wildman–Crippen LogP) is 1.32. The second kappa shape index (κ2) is 6.39. The molecule has 0 aromatic rings. The Morgan fingerprint density at radius 1 is 0.944 bits per heavy atom. The molecule has 0 spiro atoms. The highest BCUT2D eigenvalue weighted by Gasteiger charge is 2.42. The Hall–Kier alpha value is -0.800. The molecular weight excluding hydrogens is 268 g/mol. The molecule has 0 bridgehead atoms. The SMILES string of the molecule is C=CCN(C[C@@H](O)C(F)(F)F)C[C@H](O)C(F)(F)F. The average molecular weight is 281 g/mol. The fourth-order valence-corrected chi connectivity index (χ4v) is 1.10. The molecule has 0 aromatic heterocycles. The zero-order valence-corrected chi connectivity index (χ0v) is 9.17. The van der Waals surface area contributed by atoms with Gasteiger partial charge in [0.25, 0.3) is 0 Å². The van der Waals surface area contributed by atoms with Gasteiger partial charge in [-0.15, -0.1) is 6.58 Å². The summed E-state index contributed by atoms with van der Waals surface area (Å²) < 4.78 is 72.2. The Morgan fingerprint density at radius 3 is 1.50 bits per heavy atom. The third-order valence-corrected chi connectivity index (χ3v) is 2.01. The second-order valence-electron chi connectivity index (χ2n) is 3.62. The van der Waals surface area contributed by atoms with E-state index in [0.29, 0.717) is 4.90 Å². The van der Waals surface area contributed by atoms with Crippen molar-refractivity contribution in [3.8, 4) is 0 Å². The average Bonchev–Trinajstić information content (AvgIpc) is 2.14. The summed E-state index contributed by atoms with van der Waals surface area (Å²) >= 11 is 0. The molecule has 0 radical (unpaired) electrons. The number of hydrogen-bond acceptors (Lipinski definition) is 3. The van der Waals surface area contributed by atoms with E-state index in [0.717, 1.165) is 6.08 Å². The third kappa shape index (κ3) is 6.22.